The van der Waals surface area contributed by atoms with Gasteiger partial charge < -0.3 is 10.6 Å². The van der Waals surface area contributed by atoms with Gasteiger partial charge in [0, 0.05) is 23.4 Å². The largest absolute Gasteiger partial charge is 0.352 e. The van der Waals surface area contributed by atoms with Gasteiger partial charge in [-0.25, -0.2) is 0 Å². The van der Waals surface area contributed by atoms with Crippen LogP contribution < -0.4 is 10.6 Å². The van der Waals surface area contributed by atoms with Crippen LogP contribution in [0, 0.1) is 13.8 Å². The zero-order valence-corrected chi connectivity index (χ0v) is 13.8. The van der Waals surface area contributed by atoms with Crippen LogP contribution in [0.2, 0.25) is 0 Å². The third kappa shape index (κ3) is 4.42. The van der Waals surface area contributed by atoms with E-state index in [2.05, 4.69) is 10.6 Å². The first-order valence-corrected chi connectivity index (χ1v) is 7.78. The Labute approximate surface area is 136 Å². The molecule has 2 amide bonds. The number of rotatable bonds is 5. The second kappa shape index (κ2) is 7.58. The van der Waals surface area contributed by atoms with E-state index in [-0.39, 0.29) is 11.8 Å². The summed E-state index contributed by atoms with van der Waals surface area (Å²) < 4.78 is 0. The minimum absolute atomic E-state index is 0.159. The summed E-state index contributed by atoms with van der Waals surface area (Å²) >= 11 is 0. The molecule has 0 heterocycles. The van der Waals surface area contributed by atoms with Crippen molar-refractivity contribution in [1.29, 1.82) is 0 Å². The van der Waals surface area contributed by atoms with Gasteiger partial charge in [-0.15, -0.1) is 0 Å². The molecule has 2 aromatic carbocycles. The van der Waals surface area contributed by atoms with Crippen molar-refractivity contribution in [2.24, 2.45) is 0 Å². The van der Waals surface area contributed by atoms with Crippen molar-refractivity contribution in [2.75, 3.05) is 11.9 Å². The summed E-state index contributed by atoms with van der Waals surface area (Å²) in [4.78, 5) is 24.4. The quantitative estimate of drug-likeness (QED) is 0.884. The number of anilines is 1. The Bertz CT molecular complexity index is 723. The fourth-order valence-corrected chi connectivity index (χ4v) is 2.29. The maximum atomic E-state index is 12.4. The fraction of sp³-hybridized carbons (Fsp3) is 0.263. The van der Waals surface area contributed by atoms with Crippen molar-refractivity contribution >= 4 is 17.5 Å². The van der Waals surface area contributed by atoms with Crippen LogP contribution in [0.3, 0.4) is 0 Å². The van der Waals surface area contributed by atoms with Crippen molar-refractivity contribution in [2.45, 2.75) is 27.2 Å². The van der Waals surface area contributed by atoms with E-state index in [1.165, 1.54) is 0 Å². The lowest BCUT2D eigenvalue weighted by molar-refractivity contribution is 0.0953. The smallest absolute Gasteiger partial charge is 0.255 e. The van der Waals surface area contributed by atoms with Gasteiger partial charge in [-0.05, 0) is 50.1 Å². The van der Waals surface area contributed by atoms with E-state index in [9.17, 15) is 9.59 Å². The van der Waals surface area contributed by atoms with Gasteiger partial charge in [0.05, 0.1) is 0 Å². The summed E-state index contributed by atoms with van der Waals surface area (Å²) in [6, 6.07) is 12.6. The molecule has 0 unspecified atom stereocenters. The summed E-state index contributed by atoms with van der Waals surface area (Å²) in [6.45, 7) is 6.58. The van der Waals surface area contributed by atoms with Gasteiger partial charge in [0.15, 0.2) is 0 Å². The molecule has 0 fully saturated rings. The molecule has 0 saturated heterocycles. The van der Waals surface area contributed by atoms with Gasteiger partial charge in [-0.1, -0.05) is 30.7 Å². The van der Waals surface area contributed by atoms with Crippen molar-refractivity contribution in [3.05, 3.63) is 64.7 Å². The van der Waals surface area contributed by atoms with Crippen LogP contribution in [0.1, 0.15) is 45.2 Å². The molecule has 0 aliphatic heterocycles. The van der Waals surface area contributed by atoms with E-state index < -0.39 is 0 Å². The standard InChI is InChI=1S/C19H22N2O2/c1-4-10-20-18(22)15-6-5-7-16(12-15)19(23)21-17-9-8-13(2)11-14(17)3/h5-9,11-12H,4,10H2,1-3H3,(H,20,22)(H,21,23). The molecule has 0 aliphatic rings. The zero-order valence-electron chi connectivity index (χ0n) is 13.8. The second-order valence-electron chi connectivity index (χ2n) is 5.61. The van der Waals surface area contributed by atoms with E-state index in [0.717, 1.165) is 23.2 Å². The van der Waals surface area contributed by atoms with Gasteiger partial charge in [0.2, 0.25) is 0 Å². The first kappa shape index (κ1) is 16.7. The molecule has 0 saturated carbocycles. The number of hydrogen-bond acceptors (Lipinski definition) is 2. The third-order valence-electron chi connectivity index (χ3n) is 3.55. The first-order chi connectivity index (χ1) is 11.0. The summed E-state index contributed by atoms with van der Waals surface area (Å²) in [5.74, 6) is -0.380. The summed E-state index contributed by atoms with van der Waals surface area (Å²) in [5.41, 5.74) is 3.90. The lowest BCUT2D eigenvalue weighted by Crippen LogP contribution is -2.24. The van der Waals surface area contributed by atoms with Gasteiger partial charge in [0.25, 0.3) is 11.8 Å². The highest BCUT2D eigenvalue weighted by Gasteiger charge is 2.11. The average molecular weight is 310 g/mol. The number of hydrogen-bond donors (Lipinski definition) is 2. The molecule has 120 valence electrons. The van der Waals surface area contributed by atoms with Crippen LogP contribution in [0.4, 0.5) is 5.69 Å². The molecule has 0 atom stereocenters. The number of aryl methyl sites for hydroxylation is 2. The van der Waals surface area contributed by atoms with Crippen LogP contribution in [-0.4, -0.2) is 18.4 Å². The van der Waals surface area contributed by atoms with Gasteiger partial charge in [-0.2, -0.15) is 0 Å². The van der Waals surface area contributed by atoms with Gasteiger partial charge in [-0.3, -0.25) is 9.59 Å². The van der Waals surface area contributed by atoms with E-state index >= 15 is 0 Å². The predicted octanol–water partition coefficient (Wildman–Crippen LogP) is 3.70. The summed E-state index contributed by atoms with van der Waals surface area (Å²) in [7, 11) is 0. The van der Waals surface area contributed by atoms with E-state index in [1.54, 1.807) is 24.3 Å². The van der Waals surface area contributed by atoms with E-state index in [0.29, 0.717) is 17.7 Å². The molecule has 2 rings (SSSR count). The second-order valence-corrected chi connectivity index (χ2v) is 5.61. The lowest BCUT2D eigenvalue weighted by atomic mass is 10.1. The van der Waals surface area contributed by atoms with E-state index in [1.807, 2.05) is 39.0 Å². The average Bonchev–Trinajstić information content (AvgIpc) is 2.55. The Morgan fingerprint density at radius 2 is 1.65 bits per heavy atom. The molecule has 2 aromatic rings. The van der Waals surface area contributed by atoms with Gasteiger partial charge in [0.1, 0.15) is 0 Å². The molecule has 4 heteroatoms. The Morgan fingerprint density at radius 1 is 0.957 bits per heavy atom. The van der Waals surface area contributed by atoms with Crippen LogP contribution >= 0.6 is 0 Å². The summed E-state index contributed by atoms with van der Waals surface area (Å²) in [5, 5.41) is 5.70. The zero-order chi connectivity index (χ0) is 16.8. The molecule has 4 nitrogen and oxygen atoms in total. The molecule has 0 aromatic heterocycles. The number of nitrogens with one attached hydrogen (secondary N) is 2. The normalized spacial score (nSPS) is 10.2. The number of amides is 2. The molecule has 2 N–H and O–H groups in total. The van der Waals surface area contributed by atoms with Crippen LogP contribution in [0.15, 0.2) is 42.5 Å². The lowest BCUT2D eigenvalue weighted by Gasteiger charge is -2.10. The van der Waals surface area contributed by atoms with Crippen LogP contribution in [0.5, 0.6) is 0 Å². The molecule has 0 aliphatic carbocycles. The highest BCUT2D eigenvalue weighted by Crippen LogP contribution is 2.17. The maximum absolute atomic E-state index is 12.4. The predicted molar refractivity (Wildman–Crippen MR) is 92.9 cm³/mol. The fourth-order valence-electron chi connectivity index (χ4n) is 2.29. The Hall–Kier alpha value is -2.62. The molecular weight excluding hydrogens is 288 g/mol. The minimum Gasteiger partial charge on any atom is -0.352 e. The number of carbonyl (C=O) groups excluding carboxylic acids is 2. The molecule has 0 radical (unpaired) electrons. The van der Waals surface area contributed by atoms with E-state index in [4.69, 9.17) is 0 Å². The Kier molecular flexibility index (Phi) is 5.52. The molecule has 0 spiro atoms. The number of carbonyl (C=O) groups is 2. The first-order valence-electron chi connectivity index (χ1n) is 7.78. The third-order valence-corrected chi connectivity index (χ3v) is 3.55. The monoisotopic (exact) mass is 310 g/mol. The highest BCUT2D eigenvalue weighted by molar-refractivity contribution is 6.06. The SMILES string of the molecule is CCCNC(=O)c1cccc(C(=O)Nc2ccc(C)cc2C)c1. The van der Waals surface area contributed by atoms with Crippen molar-refractivity contribution in [1.82, 2.24) is 5.32 Å². The number of benzene rings is 2. The highest BCUT2D eigenvalue weighted by atomic mass is 16.2. The molecule has 0 bridgehead atoms. The van der Waals surface area contributed by atoms with Crippen LogP contribution in [-0.2, 0) is 0 Å². The van der Waals surface area contributed by atoms with Crippen molar-refractivity contribution in [3.8, 4) is 0 Å². The maximum Gasteiger partial charge on any atom is 0.255 e. The topological polar surface area (TPSA) is 58.2 Å². The molecule has 23 heavy (non-hydrogen) atoms. The summed E-state index contributed by atoms with van der Waals surface area (Å²) in [6.07, 6.45) is 0.874. The Balaban J connectivity index is 2.15. The van der Waals surface area contributed by atoms with Crippen molar-refractivity contribution in [3.63, 3.8) is 0 Å². The molecular formula is C19H22N2O2. The Morgan fingerprint density at radius 3 is 2.30 bits per heavy atom. The van der Waals surface area contributed by atoms with Crippen LogP contribution in [0.25, 0.3) is 0 Å². The van der Waals surface area contributed by atoms with Gasteiger partial charge >= 0.3 is 0 Å². The minimum atomic E-state index is -0.220. The van der Waals surface area contributed by atoms with Crippen molar-refractivity contribution < 1.29 is 9.59 Å².